The number of H-pyrrole nitrogens is 1. The van der Waals surface area contributed by atoms with Crippen molar-refractivity contribution >= 4 is 67.7 Å². The molecule has 0 spiro atoms. The predicted octanol–water partition coefficient (Wildman–Crippen LogP) is 6.80. The Morgan fingerprint density at radius 1 is 1.26 bits per heavy atom. The smallest absolute Gasteiger partial charge is 0.409 e. The van der Waals surface area contributed by atoms with Gasteiger partial charge in [0.2, 0.25) is 3.79 Å². The van der Waals surface area contributed by atoms with Gasteiger partial charge in [-0.05, 0) is 60.6 Å². The van der Waals surface area contributed by atoms with Crippen LogP contribution in [0.4, 0.5) is 4.79 Å². The highest BCUT2D eigenvalue weighted by Crippen LogP contribution is 2.50. The highest BCUT2D eigenvalue weighted by Gasteiger charge is 2.49. The maximum absolute atomic E-state index is 12.8. The van der Waals surface area contributed by atoms with E-state index >= 15 is 0 Å². The number of piperidine rings is 1. The van der Waals surface area contributed by atoms with Gasteiger partial charge >= 0.3 is 6.09 Å². The van der Waals surface area contributed by atoms with Gasteiger partial charge in [0, 0.05) is 39.6 Å². The molecule has 1 amide bonds. The highest BCUT2D eigenvalue weighted by atomic mass is 79.9. The molecular weight excluding hydrogens is 563 g/mol. The Kier molecular flexibility index (Phi) is 6.47. The molecule has 1 aliphatic heterocycles. The maximum Gasteiger partial charge on any atom is 0.409 e. The van der Waals surface area contributed by atoms with Gasteiger partial charge in [-0.15, -0.1) is 0 Å². The van der Waals surface area contributed by atoms with Crippen molar-refractivity contribution in [2.45, 2.75) is 28.5 Å². The molecule has 2 heterocycles. The summed E-state index contributed by atoms with van der Waals surface area (Å²) in [6.07, 6.45) is 2.04. The molecule has 9 heteroatoms. The molecule has 0 saturated carbocycles. The van der Waals surface area contributed by atoms with Crippen LogP contribution >= 0.6 is 50.7 Å². The maximum atomic E-state index is 12.8. The summed E-state index contributed by atoms with van der Waals surface area (Å²) in [5.74, 6) is 1.02. The summed E-state index contributed by atoms with van der Waals surface area (Å²) in [5, 5.41) is 1.22. The molecule has 1 aliphatic carbocycles. The molecule has 1 aromatic heterocycles. The summed E-state index contributed by atoms with van der Waals surface area (Å²) in [6.45, 7) is 0.844. The molecule has 1 saturated heterocycles. The molecular formula is C25H24BrCl3N2O3. The second kappa shape index (κ2) is 9.12. The lowest BCUT2D eigenvalue weighted by atomic mass is 9.59. The fraction of sp³-hybridized carbons (Fsp3) is 0.400. The Balaban J connectivity index is 1.53. The van der Waals surface area contributed by atoms with Gasteiger partial charge in [-0.2, -0.15) is 0 Å². The Hall–Kier alpha value is -1.60. The van der Waals surface area contributed by atoms with Crippen molar-refractivity contribution in [3.8, 4) is 5.75 Å². The summed E-state index contributed by atoms with van der Waals surface area (Å²) in [7, 11) is 1.69. The van der Waals surface area contributed by atoms with E-state index < -0.39 is 9.89 Å². The van der Waals surface area contributed by atoms with Gasteiger partial charge < -0.3 is 19.4 Å². The third-order valence-electron chi connectivity index (χ3n) is 7.22. The third-order valence-corrected chi connectivity index (χ3v) is 8.21. The molecule has 1 N–H and O–H groups in total. The quantitative estimate of drug-likeness (QED) is 0.344. The lowest BCUT2D eigenvalue weighted by molar-refractivity contribution is 0.0539. The molecule has 2 aromatic carbocycles. The summed E-state index contributed by atoms with van der Waals surface area (Å²) in [5.41, 5.74) is 4.78. The molecule has 3 aromatic rings. The minimum absolute atomic E-state index is 0.138. The van der Waals surface area contributed by atoms with Gasteiger partial charge in [0.05, 0.1) is 7.11 Å². The fourth-order valence-corrected chi connectivity index (χ4v) is 6.41. The zero-order chi connectivity index (χ0) is 24.1. The van der Waals surface area contributed by atoms with Crippen LogP contribution in [0.15, 0.2) is 46.9 Å². The largest absolute Gasteiger partial charge is 0.497 e. The van der Waals surface area contributed by atoms with Crippen LogP contribution in [0, 0.1) is 5.92 Å². The Morgan fingerprint density at radius 2 is 2.06 bits per heavy atom. The number of halogens is 4. The summed E-state index contributed by atoms with van der Waals surface area (Å²) in [4.78, 5) is 18.2. The van der Waals surface area contributed by atoms with E-state index in [2.05, 4.69) is 45.2 Å². The van der Waals surface area contributed by atoms with E-state index in [1.54, 1.807) is 12.0 Å². The van der Waals surface area contributed by atoms with Gasteiger partial charge in [0.25, 0.3) is 0 Å². The van der Waals surface area contributed by atoms with Crippen molar-refractivity contribution in [3.63, 3.8) is 0 Å². The third kappa shape index (κ3) is 4.39. The number of ether oxygens (including phenoxy) is 2. The molecule has 2 atom stereocenters. The monoisotopic (exact) mass is 584 g/mol. The van der Waals surface area contributed by atoms with Crippen LogP contribution in [-0.2, 0) is 23.0 Å². The predicted molar refractivity (Wildman–Crippen MR) is 139 cm³/mol. The van der Waals surface area contributed by atoms with Gasteiger partial charge in [0.15, 0.2) is 0 Å². The Bertz CT molecular complexity index is 1240. The lowest BCUT2D eigenvalue weighted by Gasteiger charge is -2.50. The average Bonchev–Trinajstić information content (AvgIpc) is 3.18. The van der Waals surface area contributed by atoms with E-state index in [-0.39, 0.29) is 17.9 Å². The van der Waals surface area contributed by atoms with Crippen LogP contribution in [0.3, 0.4) is 0 Å². The van der Waals surface area contributed by atoms with Crippen LogP contribution in [0.1, 0.15) is 23.2 Å². The molecule has 5 rings (SSSR count). The summed E-state index contributed by atoms with van der Waals surface area (Å²) >= 11 is 21.1. The normalized spacial score (nSPS) is 22.3. The number of aromatic amines is 1. The van der Waals surface area contributed by atoms with E-state index in [1.807, 2.05) is 18.2 Å². The molecule has 1 fully saturated rings. The van der Waals surface area contributed by atoms with Crippen LogP contribution in [0.25, 0.3) is 10.9 Å². The number of amides is 1. The minimum Gasteiger partial charge on any atom is -0.497 e. The summed E-state index contributed by atoms with van der Waals surface area (Å²) < 4.78 is 10.3. The number of benzene rings is 2. The minimum atomic E-state index is -1.63. The van der Waals surface area contributed by atoms with Crippen LogP contribution < -0.4 is 4.74 Å². The number of hydrogen-bond donors (Lipinski definition) is 1. The number of carbonyl (C=O) groups is 1. The SMILES string of the molecule is COc1cccc([C@]23CCN(C(=O)OCC(Cl)(Cl)Cl)CC2Cc2c([nH]c4cccc(Br)c24)C3)c1. The van der Waals surface area contributed by atoms with Gasteiger partial charge in [-0.3, -0.25) is 0 Å². The first kappa shape index (κ1) is 24.1. The second-order valence-electron chi connectivity index (χ2n) is 9.08. The zero-order valence-electron chi connectivity index (χ0n) is 18.5. The number of alkyl halides is 3. The van der Waals surface area contributed by atoms with E-state index in [9.17, 15) is 4.79 Å². The first-order chi connectivity index (χ1) is 16.2. The van der Waals surface area contributed by atoms with E-state index in [0.29, 0.717) is 13.1 Å². The van der Waals surface area contributed by atoms with Crippen molar-refractivity contribution in [3.05, 3.63) is 63.8 Å². The average molecular weight is 587 g/mol. The number of methoxy groups -OCH3 is 1. The summed E-state index contributed by atoms with van der Waals surface area (Å²) in [6, 6.07) is 14.5. The van der Waals surface area contributed by atoms with Crippen molar-refractivity contribution in [2.75, 3.05) is 26.8 Å². The van der Waals surface area contributed by atoms with Gasteiger partial charge in [0.1, 0.15) is 12.4 Å². The standard InChI is InChI=1S/C25H24BrCl3N2O3/c1-33-17-5-2-4-15(10-17)24-8-9-31(23(32)34-14-25(27,28)29)13-16(24)11-18-21(12-24)30-20-7-3-6-19(26)22(18)20/h2-7,10,16,30H,8-9,11-14H2,1H3/t16?,24-/m1/s1. The number of likely N-dealkylation sites (tertiary alicyclic amines) is 1. The van der Waals surface area contributed by atoms with Crippen molar-refractivity contribution in [1.82, 2.24) is 9.88 Å². The number of aromatic nitrogens is 1. The molecule has 5 nitrogen and oxygen atoms in total. The molecule has 2 aliphatic rings. The van der Waals surface area contributed by atoms with Gasteiger partial charge in [-0.25, -0.2) is 4.79 Å². The van der Waals surface area contributed by atoms with E-state index in [4.69, 9.17) is 44.3 Å². The first-order valence-electron chi connectivity index (χ1n) is 11.1. The number of rotatable bonds is 3. The first-order valence-corrected chi connectivity index (χ1v) is 13.0. The Morgan fingerprint density at radius 3 is 2.82 bits per heavy atom. The molecule has 180 valence electrons. The van der Waals surface area contributed by atoms with Crippen LogP contribution in [-0.4, -0.2) is 46.6 Å². The number of hydrogen-bond acceptors (Lipinski definition) is 3. The van der Waals surface area contributed by atoms with Crippen LogP contribution in [0.5, 0.6) is 5.75 Å². The zero-order valence-corrected chi connectivity index (χ0v) is 22.4. The number of nitrogens with zero attached hydrogens (tertiary/aromatic N) is 1. The number of fused-ring (bicyclic) bond motifs is 4. The van der Waals surface area contributed by atoms with Crippen molar-refractivity contribution < 1.29 is 14.3 Å². The van der Waals surface area contributed by atoms with Crippen molar-refractivity contribution in [2.24, 2.45) is 5.92 Å². The number of nitrogens with one attached hydrogen (secondary N) is 1. The lowest BCUT2D eigenvalue weighted by Crippen LogP contribution is -2.55. The Labute approximate surface area is 221 Å². The number of carbonyl (C=O) groups excluding carboxylic acids is 1. The second-order valence-corrected chi connectivity index (χ2v) is 12.4. The van der Waals surface area contributed by atoms with E-state index in [1.165, 1.54) is 22.2 Å². The van der Waals surface area contributed by atoms with Gasteiger partial charge in [-0.1, -0.05) is 68.9 Å². The molecule has 0 radical (unpaired) electrons. The van der Waals surface area contributed by atoms with Crippen LogP contribution in [0.2, 0.25) is 0 Å². The molecule has 34 heavy (non-hydrogen) atoms. The van der Waals surface area contributed by atoms with Crippen molar-refractivity contribution in [1.29, 1.82) is 0 Å². The fourth-order valence-electron chi connectivity index (χ4n) is 5.64. The van der Waals surface area contributed by atoms with E-state index in [0.717, 1.165) is 35.0 Å². The molecule has 1 unspecified atom stereocenters. The molecule has 0 bridgehead atoms. The highest BCUT2D eigenvalue weighted by molar-refractivity contribution is 9.10. The topological polar surface area (TPSA) is 54.6 Å².